The smallest absolute Gasteiger partial charge is 0.314 e. The zero-order chi connectivity index (χ0) is 22.0. The summed E-state index contributed by atoms with van der Waals surface area (Å²) in [5, 5.41) is 9.62. The Bertz CT molecular complexity index is 1120. The molecule has 0 radical (unpaired) electrons. The fourth-order valence-corrected chi connectivity index (χ4v) is 4.34. The van der Waals surface area contributed by atoms with Crippen LogP contribution in [-0.4, -0.2) is 10.3 Å². The molecule has 3 aromatic rings. The zero-order valence-corrected chi connectivity index (χ0v) is 18.2. The van der Waals surface area contributed by atoms with Crippen LogP contribution in [0.25, 0.3) is 0 Å². The summed E-state index contributed by atoms with van der Waals surface area (Å²) < 4.78 is 10.0. The number of halogens is 2. The number of para-hydroxylation sites is 1. The topological polar surface area (TPSA) is 59.3 Å². The molecule has 156 valence electrons. The molecule has 4 nitrogen and oxygen atoms in total. The third-order valence-electron chi connectivity index (χ3n) is 5.23. The maximum Gasteiger partial charge on any atom is 0.314 e. The molecule has 0 amide bonds. The lowest BCUT2D eigenvalue weighted by atomic mass is 10.1. The van der Waals surface area contributed by atoms with Crippen LogP contribution in [0.3, 0.4) is 0 Å². The molecule has 0 heterocycles. The number of hydrogen-bond donors (Lipinski definition) is 0. The molecule has 1 saturated carbocycles. The number of benzene rings is 3. The first-order valence-corrected chi connectivity index (χ1v) is 10.5. The van der Waals surface area contributed by atoms with Crippen molar-refractivity contribution < 1.29 is 14.3 Å². The van der Waals surface area contributed by atoms with E-state index < -0.39 is 22.3 Å². The lowest BCUT2D eigenvalue weighted by molar-refractivity contribution is -0.148. The van der Waals surface area contributed by atoms with Crippen LogP contribution in [-0.2, 0) is 9.53 Å². The standard InChI is InChI=1S/C25H19Cl2NO3/c1-16-10-12-17(13-11-16)22-23(25(22,26)27)24(29)31-21(15-28)18-6-5-9-20(14-18)30-19-7-3-2-4-8-19/h2-14,21-23H,1H3. The molecule has 3 atom stereocenters. The monoisotopic (exact) mass is 451 g/mol. The van der Waals surface area contributed by atoms with Crippen molar-refractivity contribution in [2.45, 2.75) is 23.3 Å². The molecule has 0 saturated heterocycles. The third kappa shape index (κ3) is 4.54. The Hall–Kier alpha value is -3.00. The minimum absolute atomic E-state index is 0.379. The normalized spacial score (nSPS) is 19.7. The predicted octanol–water partition coefficient (Wildman–Crippen LogP) is 6.48. The van der Waals surface area contributed by atoms with Gasteiger partial charge in [0.15, 0.2) is 0 Å². The quantitative estimate of drug-likeness (QED) is 0.317. The molecule has 1 aliphatic rings. The molecule has 0 spiro atoms. The van der Waals surface area contributed by atoms with Crippen LogP contribution in [0.1, 0.15) is 28.7 Å². The van der Waals surface area contributed by atoms with Crippen LogP contribution in [0.4, 0.5) is 0 Å². The van der Waals surface area contributed by atoms with Crippen LogP contribution >= 0.6 is 23.2 Å². The molecular formula is C25H19Cl2NO3. The van der Waals surface area contributed by atoms with Gasteiger partial charge >= 0.3 is 5.97 Å². The lowest BCUT2D eigenvalue weighted by Gasteiger charge is -2.13. The van der Waals surface area contributed by atoms with Crippen molar-refractivity contribution in [2.24, 2.45) is 5.92 Å². The van der Waals surface area contributed by atoms with E-state index in [9.17, 15) is 10.1 Å². The van der Waals surface area contributed by atoms with Crippen molar-refractivity contribution in [3.05, 3.63) is 95.6 Å². The number of rotatable bonds is 6. The van der Waals surface area contributed by atoms with Gasteiger partial charge in [-0.3, -0.25) is 4.79 Å². The molecule has 1 aliphatic carbocycles. The van der Waals surface area contributed by atoms with E-state index in [1.807, 2.05) is 67.6 Å². The Kier molecular flexibility index (Phi) is 5.91. The second-order valence-electron chi connectivity index (χ2n) is 7.47. The Morgan fingerprint density at radius 3 is 2.35 bits per heavy atom. The average molecular weight is 452 g/mol. The van der Waals surface area contributed by atoms with Gasteiger partial charge in [0.05, 0.1) is 0 Å². The van der Waals surface area contributed by atoms with Gasteiger partial charge in [0.25, 0.3) is 0 Å². The molecule has 0 aromatic heterocycles. The number of carbonyl (C=O) groups is 1. The summed E-state index contributed by atoms with van der Waals surface area (Å²) in [5.74, 6) is -0.517. The van der Waals surface area contributed by atoms with Gasteiger partial charge in [0.1, 0.15) is 27.8 Å². The predicted molar refractivity (Wildman–Crippen MR) is 119 cm³/mol. The largest absolute Gasteiger partial charge is 0.457 e. The van der Waals surface area contributed by atoms with Gasteiger partial charge < -0.3 is 9.47 Å². The van der Waals surface area contributed by atoms with E-state index in [-0.39, 0.29) is 5.92 Å². The second-order valence-corrected chi connectivity index (χ2v) is 8.92. The van der Waals surface area contributed by atoms with Gasteiger partial charge in [-0.15, -0.1) is 0 Å². The highest BCUT2D eigenvalue weighted by Crippen LogP contribution is 2.65. The molecular weight excluding hydrogens is 433 g/mol. The molecule has 31 heavy (non-hydrogen) atoms. The Balaban J connectivity index is 1.48. The number of alkyl halides is 2. The summed E-state index contributed by atoms with van der Waals surface area (Å²) in [6.45, 7) is 1.98. The molecule has 1 fully saturated rings. The third-order valence-corrected chi connectivity index (χ3v) is 6.18. The minimum Gasteiger partial charge on any atom is -0.457 e. The summed E-state index contributed by atoms with van der Waals surface area (Å²) in [6, 6.07) is 25.9. The van der Waals surface area contributed by atoms with Crippen molar-refractivity contribution in [3.63, 3.8) is 0 Å². The van der Waals surface area contributed by atoms with Gasteiger partial charge in [0, 0.05) is 11.5 Å². The van der Waals surface area contributed by atoms with Crippen molar-refractivity contribution in [1.82, 2.24) is 0 Å². The van der Waals surface area contributed by atoms with Crippen molar-refractivity contribution in [2.75, 3.05) is 0 Å². The van der Waals surface area contributed by atoms with E-state index in [0.29, 0.717) is 17.1 Å². The fraction of sp³-hybridized carbons (Fsp3) is 0.200. The Labute approximate surface area is 190 Å². The maximum atomic E-state index is 12.8. The van der Waals surface area contributed by atoms with Crippen LogP contribution in [0.2, 0.25) is 0 Å². The molecule has 6 heteroatoms. The van der Waals surface area contributed by atoms with Crippen LogP contribution in [0.15, 0.2) is 78.9 Å². The second kappa shape index (κ2) is 8.63. The summed E-state index contributed by atoms with van der Waals surface area (Å²) in [7, 11) is 0. The van der Waals surface area contributed by atoms with Crippen molar-refractivity contribution in [1.29, 1.82) is 5.26 Å². The summed E-state index contributed by atoms with van der Waals surface area (Å²) in [6.07, 6.45) is -1.10. The molecule has 4 rings (SSSR count). The Morgan fingerprint density at radius 1 is 1.00 bits per heavy atom. The first kappa shape index (κ1) is 21.2. The molecule has 0 bridgehead atoms. The molecule has 0 N–H and O–H groups in total. The van der Waals surface area contributed by atoms with Gasteiger partial charge in [0.2, 0.25) is 6.10 Å². The molecule has 0 aliphatic heterocycles. The SMILES string of the molecule is Cc1ccc(C2C(C(=O)OC(C#N)c3cccc(Oc4ccccc4)c3)C2(Cl)Cl)cc1. The number of esters is 1. The van der Waals surface area contributed by atoms with E-state index in [4.69, 9.17) is 32.7 Å². The number of hydrogen-bond acceptors (Lipinski definition) is 4. The minimum atomic E-state index is -1.26. The van der Waals surface area contributed by atoms with Gasteiger partial charge in [-0.2, -0.15) is 5.26 Å². The summed E-state index contributed by atoms with van der Waals surface area (Å²) >= 11 is 12.8. The molecule has 3 unspecified atom stereocenters. The first-order chi connectivity index (χ1) is 14.9. The molecule has 3 aromatic carbocycles. The van der Waals surface area contributed by atoms with Crippen molar-refractivity contribution in [3.8, 4) is 17.6 Å². The summed E-state index contributed by atoms with van der Waals surface area (Å²) in [4.78, 5) is 12.8. The van der Waals surface area contributed by atoms with Gasteiger partial charge in [-0.05, 0) is 36.8 Å². The zero-order valence-electron chi connectivity index (χ0n) is 16.7. The van der Waals surface area contributed by atoms with Crippen LogP contribution in [0, 0.1) is 24.2 Å². The number of ether oxygens (including phenoxy) is 2. The number of carbonyl (C=O) groups excluding carboxylic acids is 1. The van der Waals surface area contributed by atoms with E-state index >= 15 is 0 Å². The number of nitriles is 1. The van der Waals surface area contributed by atoms with Gasteiger partial charge in [-0.25, -0.2) is 0 Å². The fourth-order valence-electron chi connectivity index (χ4n) is 3.53. The van der Waals surface area contributed by atoms with Crippen LogP contribution < -0.4 is 4.74 Å². The van der Waals surface area contributed by atoms with Crippen molar-refractivity contribution >= 4 is 29.2 Å². The first-order valence-electron chi connectivity index (χ1n) is 9.77. The van der Waals surface area contributed by atoms with E-state index in [1.165, 1.54) is 0 Å². The highest BCUT2D eigenvalue weighted by molar-refractivity contribution is 6.53. The Morgan fingerprint density at radius 2 is 1.68 bits per heavy atom. The summed E-state index contributed by atoms with van der Waals surface area (Å²) in [5.41, 5.74) is 2.47. The van der Waals surface area contributed by atoms with E-state index in [1.54, 1.807) is 24.3 Å². The number of nitrogens with zero attached hydrogens (tertiary/aromatic N) is 1. The average Bonchev–Trinajstić information content (AvgIpc) is 3.35. The van der Waals surface area contributed by atoms with E-state index in [2.05, 4.69) is 0 Å². The highest BCUT2D eigenvalue weighted by Gasteiger charge is 2.68. The van der Waals surface area contributed by atoms with Gasteiger partial charge in [-0.1, -0.05) is 83.4 Å². The maximum absolute atomic E-state index is 12.8. The number of aryl methyl sites for hydroxylation is 1. The highest BCUT2D eigenvalue weighted by atomic mass is 35.5. The lowest BCUT2D eigenvalue weighted by Crippen LogP contribution is -2.14. The van der Waals surface area contributed by atoms with Crippen LogP contribution in [0.5, 0.6) is 11.5 Å². The van der Waals surface area contributed by atoms with E-state index in [0.717, 1.165) is 11.1 Å².